The summed E-state index contributed by atoms with van der Waals surface area (Å²) in [5, 5.41) is 11.7. The van der Waals surface area contributed by atoms with Crippen LogP contribution >= 0.6 is 0 Å². The molecule has 13 heteroatoms. The fraction of sp³-hybridized carbons (Fsp3) is 0.375. The molecule has 242 valence electrons. The molecule has 0 aliphatic carbocycles. The molecule has 0 spiro atoms. The van der Waals surface area contributed by atoms with E-state index in [2.05, 4.69) is 10.2 Å². The lowest BCUT2D eigenvalue weighted by atomic mass is 9.95. The third-order valence-corrected chi connectivity index (χ3v) is 7.84. The summed E-state index contributed by atoms with van der Waals surface area (Å²) in [6.45, 7) is 4.44. The van der Waals surface area contributed by atoms with Gasteiger partial charge in [0.15, 0.2) is 0 Å². The number of benzene rings is 3. The van der Waals surface area contributed by atoms with Gasteiger partial charge in [-0.2, -0.15) is 26.3 Å². The smallest absolute Gasteiger partial charge is 0.416 e. The Bertz CT molecular complexity index is 1490. The van der Waals surface area contributed by atoms with Crippen molar-refractivity contribution in [3.63, 3.8) is 0 Å². The van der Waals surface area contributed by atoms with Gasteiger partial charge in [-0.25, -0.2) is 9.18 Å². The van der Waals surface area contributed by atoms with E-state index in [1.54, 1.807) is 25.1 Å². The minimum absolute atomic E-state index is 0.0638. The Morgan fingerprint density at radius 1 is 0.911 bits per heavy atom. The second kappa shape index (κ2) is 13.5. The Labute approximate surface area is 255 Å². The van der Waals surface area contributed by atoms with Crippen LogP contribution < -0.4 is 5.32 Å². The Balaban J connectivity index is 1.51. The van der Waals surface area contributed by atoms with Crippen molar-refractivity contribution in [2.45, 2.75) is 51.1 Å². The molecule has 6 nitrogen and oxygen atoms in total. The van der Waals surface area contributed by atoms with Gasteiger partial charge in [0.25, 0.3) is 0 Å². The first-order valence-corrected chi connectivity index (χ1v) is 14.1. The largest absolute Gasteiger partial charge is 0.481 e. The number of piperazine rings is 1. The number of nitrogens with zero attached hydrogens (tertiary/aromatic N) is 2. The van der Waals surface area contributed by atoms with Crippen LogP contribution in [0.2, 0.25) is 0 Å². The molecule has 0 bridgehead atoms. The highest BCUT2D eigenvalue weighted by atomic mass is 19.4. The first-order valence-electron chi connectivity index (χ1n) is 14.1. The van der Waals surface area contributed by atoms with Crippen LogP contribution in [0, 0.1) is 12.7 Å². The zero-order valence-corrected chi connectivity index (χ0v) is 24.5. The number of carbonyl (C=O) groups excluding carboxylic acids is 1. The number of halogens is 7. The van der Waals surface area contributed by atoms with E-state index in [1.165, 1.54) is 24.0 Å². The Morgan fingerprint density at radius 2 is 1.51 bits per heavy atom. The summed E-state index contributed by atoms with van der Waals surface area (Å²) >= 11 is 0. The van der Waals surface area contributed by atoms with Gasteiger partial charge in [-0.05, 0) is 71.0 Å². The molecule has 2 N–H and O–H groups in total. The molecule has 45 heavy (non-hydrogen) atoms. The fourth-order valence-electron chi connectivity index (χ4n) is 5.42. The Kier molecular flexibility index (Phi) is 10.1. The van der Waals surface area contributed by atoms with Crippen LogP contribution in [-0.4, -0.2) is 53.1 Å². The zero-order valence-electron chi connectivity index (χ0n) is 24.5. The minimum Gasteiger partial charge on any atom is -0.481 e. The molecule has 4 rings (SSSR count). The predicted molar refractivity (Wildman–Crippen MR) is 152 cm³/mol. The van der Waals surface area contributed by atoms with Gasteiger partial charge in [-0.1, -0.05) is 37.3 Å². The normalized spacial score (nSPS) is 16.8. The molecule has 1 aliphatic heterocycles. The standard InChI is InChI=1S/C32H32F7N3O3/c1-19-11-26(33)7-8-27(19)28-18-41(17-22-5-3-21(4-6-22)12-29(43)44)9-10-42(28)30(45)40-16-20(2)23-13-24(31(34,35)36)15-25(14-23)32(37,38)39/h3-8,11,13-15,20,28H,9-10,12,16-18H2,1-2H3,(H,40,45)(H,43,44)/t20-,28?/m0/s1. The first kappa shape index (κ1) is 33.8. The summed E-state index contributed by atoms with van der Waals surface area (Å²) in [6, 6.07) is 11.6. The van der Waals surface area contributed by atoms with Crippen LogP contribution in [0.3, 0.4) is 0 Å². The first-order chi connectivity index (χ1) is 21.0. The molecule has 0 saturated carbocycles. The summed E-state index contributed by atoms with van der Waals surface area (Å²) in [5.74, 6) is -2.27. The number of urea groups is 1. The van der Waals surface area contributed by atoms with Gasteiger partial charge in [0, 0.05) is 32.7 Å². The topological polar surface area (TPSA) is 72.9 Å². The SMILES string of the molecule is Cc1cc(F)ccc1C1CN(Cc2ccc(CC(=O)O)cc2)CCN1C(=O)NC[C@H](C)c1cc(C(F)(F)F)cc(C(F)(F)F)c1. The minimum atomic E-state index is -4.99. The van der Waals surface area contributed by atoms with Crippen LogP contribution in [-0.2, 0) is 30.1 Å². The van der Waals surface area contributed by atoms with Crippen molar-refractivity contribution in [2.75, 3.05) is 26.2 Å². The number of alkyl halides is 6. The fourth-order valence-corrected chi connectivity index (χ4v) is 5.42. The molecular weight excluding hydrogens is 607 g/mol. The molecule has 1 fully saturated rings. The number of aliphatic carboxylic acids is 1. The van der Waals surface area contributed by atoms with Crippen molar-refractivity contribution >= 4 is 12.0 Å². The lowest BCUT2D eigenvalue weighted by molar-refractivity contribution is -0.143. The number of amides is 2. The molecule has 1 saturated heterocycles. The quantitative estimate of drug-likeness (QED) is 0.257. The van der Waals surface area contributed by atoms with Crippen LogP contribution in [0.5, 0.6) is 0 Å². The van der Waals surface area contributed by atoms with Crippen LogP contribution in [0.25, 0.3) is 0 Å². The number of aryl methyl sites for hydroxylation is 1. The van der Waals surface area contributed by atoms with E-state index < -0.39 is 53.3 Å². The lowest BCUT2D eigenvalue weighted by Gasteiger charge is -2.42. The average molecular weight is 640 g/mol. The van der Waals surface area contributed by atoms with Gasteiger partial charge < -0.3 is 15.3 Å². The zero-order chi connectivity index (χ0) is 33.1. The third-order valence-electron chi connectivity index (χ3n) is 7.84. The van der Waals surface area contributed by atoms with Crippen LogP contribution in [0.1, 0.15) is 57.8 Å². The molecule has 3 aromatic rings. The van der Waals surface area contributed by atoms with E-state index in [4.69, 9.17) is 5.11 Å². The van der Waals surface area contributed by atoms with Crippen molar-refractivity contribution in [1.29, 1.82) is 0 Å². The molecule has 2 atom stereocenters. The van der Waals surface area contributed by atoms with Crippen molar-refractivity contribution in [3.8, 4) is 0 Å². The number of hydrogen-bond donors (Lipinski definition) is 2. The van der Waals surface area contributed by atoms with Gasteiger partial charge in [0.1, 0.15) is 5.82 Å². The van der Waals surface area contributed by atoms with Crippen molar-refractivity contribution in [1.82, 2.24) is 15.1 Å². The molecule has 3 aromatic carbocycles. The molecule has 1 heterocycles. The van der Waals surface area contributed by atoms with Crippen molar-refractivity contribution < 1.29 is 45.4 Å². The predicted octanol–water partition coefficient (Wildman–Crippen LogP) is 7.17. The summed E-state index contributed by atoms with van der Waals surface area (Å²) < 4.78 is 94.1. The molecule has 1 aliphatic rings. The number of rotatable bonds is 8. The van der Waals surface area contributed by atoms with Gasteiger partial charge in [-0.15, -0.1) is 0 Å². The van der Waals surface area contributed by atoms with E-state index in [0.29, 0.717) is 48.5 Å². The van der Waals surface area contributed by atoms with Crippen LogP contribution in [0.15, 0.2) is 60.7 Å². The maximum Gasteiger partial charge on any atom is 0.416 e. The second-order valence-electron chi connectivity index (χ2n) is 11.3. The summed E-state index contributed by atoms with van der Waals surface area (Å²) in [6.07, 6.45) is -10.1. The highest BCUT2D eigenvalue weighted by molar-refractivity contribution is 5.75. The Hall–Kier alpha value is -4.13. The maximum atomic E-state index is 13.9. The number of carbonyl (C=O) groups is 2. The highest BCUT2D eigenvalue weighted by Crippen LogP contribution is 2.38. The van der Waals surface area contributed by atoms with Gasteiger partial charge in [0.05, 0.1) is 23.6 Å². The van der Waals surface area contributed by atoms with E-state index in [1.807, 2.05) is 12.1 Å². The van der Waals surface area contributed by atoms with Crippen molar-refractivity contribution in [3.05, 3.63) is 105 Å². The molecule has 2 amide bonds. The number of carboxylic acid groups (broad SMARTS) is 1. The van der Waals surface area contributed by atoms with Crippen LogP contribution in [0.4, 0.5) is 35.5 Å². The highest BCUT2D eigenvalue weighted by Gasteiger charge is 2.38. The lowest BCUT2D eigenvalue weighted by Crippen LogP contribution is -2.53. The summed E-state index contributed by atoms with van der Waals surface area (Å²) in [5.41, 5.74) is -0.202. The number of nitrogens with one attached hydrogen (secondary N) is 1. The van der Waals surface area contributed by atoms with E-state index in [9.17, 15) is 40.3 Å². The van der Waals surface area contributed by atoms with E-state index in [-0.39, 0.29) is 31.1 Å². The maximum absolute atomic E-state index is 13.9. The Morgan fingerprint density at radius 3 is 2.07 bits per heavy atom. The molecule has 0 aromatic heterocycles. The second-order valence-corrected chi connectivity index (χ2v) is 11.3. The van der Waals surface area contributed by atoms with Gasteiger partial charge in [-0.3, -0.25) is 9.69 Å². The monoisotopic (exact) mass is 639 g/mol. The van der Waals surface area contributed by atoms with E-state index >= 15 is 0 Å². The third kappa shape index (κ3) is 8.74. The van der Waals surface area contributed by atoms with Gasteiger partial charge in [0.2, 0.25) is 0 Å². The summed E-state index contributed by atoms with van der Waals surface area (Å²) in [7, 11) is 0. The number of hydrogen-bond acceptors (Lipinski definition) is 3. The number of carboxylic acids is 1. The molecular formula is C32H32F7N3O3. The van der Waals surface area contributed by atoms with Crippen molar-refractivity contribution in [2.24, 2.45) is 0 Å². The van der Waals surface area contributed by atoms with E-state index in [0.717, 1.165) is 5.56 Å². The average Bonchev–Trinajstić information content (AvgIpc) is 2.95. The van der Waals surface area contributed by atoms with Gasteiger partial charge >= 0.3 is 24.4 Å². The summed E-state index contributed by atoms with van der Waals surface area (Å²) in [4.78, 5) is 28.1. The molecule has 0 radical (unpaired) electrons. The molecule has 1 unspecified atom stereocenters.